The fourth-order valence-corrected chi connectivity index (χ4v) is 6.72. The minimum atomic E-state index is -0.332. The number of aryl methyl sites for hydroxylation is 1. The van der Waals surface area contributed by atoms with E-state index in [1.54, 1.807) is 4.68 Å². The molecule has 1 heterocycles. The van der Waals surface area contributed by atoms with Crippen molar-refractivity contribution in [3.05, 3.63) is 41.7 Å². The molecule has 0 amide bonds. The maximum absolute atomic E-state index is 13.4. The Labute approximate surface area is 172 Å². The van der Waals surface area contributed by atoms with Gasteiger partial charge < -0.3 is 4.74 Å². The monoisotopic (exact) mass is 394 g/mol. The van der Waals surface area contributed by atoms with Gasteiger partial charge in [-0.1, -0.05) is 43.7 Å². The van der Waals surface area contributed by atoms with Gasteiger partial charge in [-0.25, -0.2) is 4.68 Å². The van der Waals surface area contributed by atoms with Crippen molar-refractivity contribution in [2.75, 3.05) is 0 Å². The van der Waals surface area contributed by atoms with Crippen LogP contribution in [0.2, 0.25) is 0 Å². The minimum Gasteiger partial charge on any atom is -0.457 e. The van der Waals surface area contributed by atoms with Crippen molar-refractivity contribution in [1.29, 1.82) is 0 Å². The van der Waals surface area contributed by atoms with Crippen molar-refractivity contribution in [3.8, 4) is 0 Å². The quantitative estimate of drug-likeness (QED) is 0.663. The van der Waals surface area contributed by atoms with Gasteiger partial charge in [0.2, 0.25) is 0 Å². The number of ether oxygens (including phenoxy) is 1. The summed E-state index contributed by atoms with van der Waals surface area (Å²) in [5.74, 6) is 1.89. The SMILES string of the molecule is CCCCn1nnnc1COC(=O)C12C[C@H]3C[C@@H](C1)CC(c1ccccc1)(C3)C2. The topological polar surface area (TPSA) is 69.9 Å². The normalized spacial score (nSPS) is 32.4. The lowest BCUT2D eigenvalue weighted by Crippen LogP contribution is -2.57. The van der Waals surface area contributed by atoms with Gasteiger partial charge in [-0.3, -0.25) is 4.79 Å². The van der Waals surface area contributed by atoms with Crippen LogP contribution >= 0.6 is 0 Å². The van der Waals surface area contributed by atoms with E-state index in [1.165, 1.54) is 24.8 Å². The van der Waals surface area contributed by atoms with Gasteiger partial charge in [-0.05, 0) is 78.2 Å². The van der Waals surface area contributed by atoms with Crippen LogP contribution in [0.4, 0.5) is 0 Å². The molecule has 29 heavy (non-hydrogen) atoms. The molecular weight excluding hydrogens is 364 g/mol. The molecule has 4 saturated carbocycles. The Balaban J connectivity index is 1.34. The number of rotatable bonds is 7. The Morgan fingerprint density at radius 1 is 1.17 bits per heavy atom. The first-order chi connectivity index (χ1) is 14.1. The summed E-state index contributed by atoms with van der Waals surface area (Å²) >= 11 is 0. The molecule has 2 aromatic rings. The predicted molar refractivity (Wildman–Crippen MR) is 108 cm³/mol. The molecule has 0 spiro atoms. The zero-order chi connectivity index (χ0) is 19.9. The molecule has 0 aliphatic heterocycles. The summed E-state index contributed by atoms with van der Waals surface area (Å²) in [6.45, 7) is 3.08. The van der Waals surface area contributed by atoms with Crippen LogP contribution in [0.25, 0.3) is 0 Å². The van der Waals surface area contributed by atoms with E-state index in [2.05, 4.69) is 52.8 Å². The maximum atomic E-state index is 13.4. The second-order valence-corrected chi connectivity index (χ2v) is 9.64. The van der Waals surface area contributed by atoms with Crippen LogP contribution in [0, 0.1) is 17.3 Å². The van der Waals surface area contributed by atoms with Gasteiger partial charge in [0.05, 0.1) is 5.41 Å². The van der Waals surface area contributed by atoms with Crippen LogP contribution in [-0.4, -0.2) is 26.2 Å². The number of tetrazole rings is 1. The predicted octanol–water partition coefficient (Wildman–Crippen LogP) is 4.05. The molecule has 4 aliphatic carbocycles. The summed E-state index contributed by atoms with van der Waals surface area (Å²) in [5.41, 5.74) is 1.23. The highest BCUT2D eigenvalue weighted by Gasteiger charge is 2.61. The summed E-state index contributed by atoms with van der Waals surface area (Å²) in [4.78, 5) is 13.4. The highest BCUT2D eigenvalue weighted by atomic mass is 16.5. The number of benzene rings is 1. The van der Waals surface area contributed by atoms with Crippen molar-refractivity contribution in [2.45, 2.75) is 76.9 Å². The summed E-state index contributed by atoms with van der Waals surface area (Å²) in [5, 5.41) is 11.9. The molecule has 0 radical (unpaired) electrons. The average Bonchev–Trinajstić information content (AvgIpc) is 3.17. The number of unbranched alkanes of at least 4 members (excludes halogenated alkanes) is 1. The number of hydrogen-bond donors (Lipinski definition) is 0. The number of esters is 1. The van der Waals surface area contributed by atoms with Gasteiger partial charge >= 0.3 is 5.97 Å². The highest BCUT2D eigenvalue weighted by Crippen LogP contribution is 2.66. The lowest BCUT2D eigenvalue weighted by atomic mass is 9.43. The van der Waals surface area contributed by atoms with Gasteiger partial charge in [-0.2, -0.15) is 0 Å². The van der Waals surface area contributed by atoms with Gasteiger partial charge in [0.15, 0.2) is 12.4 Å². The molecule has 4 fully saturated rings. The second-order valence-electron chi connectivity index (χ2n) is 9.64. The van der Waals surface area contributed by atoms with E-state index in [4.69, 9.17) is 4.74 Å². The standard InChI is InChI=1S/C23H30N4O2/c1-2-3-9-27-20(24-25-26-27)15-29-21(28)23-13-17-10-18(14-23)12-22(11-17,16-23)19-7-5-4-6-8-19/h4-8,17-18H,2-3,9-16H2,1H3/t17-,18+,22?,23?. The zero-order valence-corrected chi connectivity index (χ0v) is 17.2. The molecule has 4 atom stereocenters. The van der Waals surface area contributed by atoms with Gasteiger partial charge in [0.25, 0.3) is 0 Å². The first-order valence-electron chi connectivity index (χ1n) is 11.1. The van der Waals surface area contributed by atoms with Crippen LogP contribution in [0.1, 0.15) is 69.7 Å². The first-order valence-corrected chi connectivity index (χ1v) is 11.1. The summed E-state index contributed by atoms with van der Waals surface area (Å²) in [7, 11) is 0. The van der Waals surface area contributed by atoms with E-state index in [-0.39, 0.29) is 23.4 Å². The van der Waals surface area contributed by atoms with E-state index < -0.39 is 0 Å². The van der Waals surface area contributed by atoms with Crippen molar-refractivity contribution < 1.29 is 9.53 Å². The molecule has 6 heteroatoms. The molecular formula is C23H30N4O2. The number of aromatic nitrogens is 4. The third-order valence-corrected chi connectivity index (χ3v) is 7.54. The molecule has 4 bridgehead atoms. The molecule has 4 aliphatic rings. The van der Waals surface area contributed by atoms with Crippen LogP contribution in [0.5, 0.6) is 0 Å². The zero-order valence-electron chi connectivity index (χ0n) is 17.2. The van der Waals surface area contributed by atoms with Crippen LogP contribution in [-0.2, 0) is 28.1 Å². The average molecular weight is 395 g/mol. The summed E-state index contributed by atoms with van der Waals surface area (Å²) in [6, 6.07) is 10.9. The molecule has 1 aromatic carbocycles. The Bertz CT molecular complexity index is 864. The third kappa shape index (κ3) is 3.26. The smallest absolute Gasteiger partial charge is 0.312 e. The lowest BCUT2D eigenvalue weighted by molar-refractivity contribution is -0.175. The van der Waals surface area contributed by atoms with Crippen molar-refractivity contribution in [1.82, 2.24) is 20.2 Å². The molecule has 6 rings (SSSR count). The Kier molecular flexibility index (Phi) is 4.67. The maximum Gasteiger partial charge on any atom is 0.312 e. The number of carbonyl (C=O) groups is 1. The first kappa shape index (κ1) is 18.8. The fourth-order valence-electron chi connectivity index (χ4n) is 6.72. The molecule has 0 saturated heterocycles. The Hall–Kier alpha value is -2.24. The van der Waals surface area contributed by atoms with E-state index in [1.807, 2.05) is 0 Å². The third-order valence-electron chi connectivity index (χ3n) is 7.54. The van der Waals surface area contributed by atoms with Crippen LogP contribution in [0.15, 0.2) is 30.3 Å². The number of hydrogen-bond acceptors (Lipinski definition) is 5. The molecule has 2 unspecified atom stereocenters. The van der Waals surface area contributed by atoms with E-state index >= 15 is 0 Å². The van der Waals surface area contributed by atoms with E-state index in [0.717, 1.165) is 38.6 Å². The molecule has 1 aromatic heterocycles. The van der Waals surface area contributed by atoms with Crippen molar-refractivity contribution >= 4 is 5.97 Å². The molecule has 0 N–H and O–H groups in total. The minimum absolute atomic E-state index is 0.0306. The van der Waals surface area contributed by atoms with Gasteiger partial charge in [-0.15, -0.1) is 5.10 Å². The van der Waals surface area contributed by atoms with Crippen LogP contribution < -0.4 is 0 Å². The van der Waals surface area contributed by atoms with Crippen molar-refractivity contribution in [2.24, 2.45) is 17.3 Å². The number of carbonyl (C=O) groups excluding carboxylic acids is 1. The highest BCUT2D eigenvalue weighted by molar-refractivity contribution is 5.78. The van der Waals surface area contributed by atoms with E-state index in [9.17, 15) is 4.79 Å². The van der Waals surface area contributed by atoms with E-state index in [0.29, 0.717) is 17.7 Å². The molecule has 6 nitrogen and oxygen atoms in total. The van der Waals surface area contributed by atoms with Crippen LogP contribution in [0.3, 0.4) is 0 Å². The Morgan fingerprint density at radius 3 is 2.66 bits per heavy atom. The Morgan fingerprint density at radius 2 is 1.93 bits per heavy atom. The largest absolute Gasteiger partial charge is 0.457 e. The summed E-state index contributed by atoms with van der Waals surface area (Å²) in [6.07, 6.45) is 8.70. The molecule has 154 valence electrons. The second kappa shape index (κ2) is 7.22. The van der Waals surface area contributed by atoms with Crippen molar-refractivity contribution in [3.63, 3.8) is 0 Å². The lowest BCUT2D eigenvalue weighted by Gasteiger charge is -2.61. The number of nitrogens with zero attached hydrogens (tertiary/aromatic N) is 4. The van der Waals surface area contributed by atoms with Gasteiger partial charge in [0.1, 0.15) is 0 Å². The summed E-state index contributed by atoms with van der Waals surface area (Å²) < 4.78 is 7.64. The fraction of sp³-hybridized carbons (Fsp3) is 0.652. The van der Waals surface area contributed by atoms with Gasteiger partial charge in [0, 0.05) is 6.54 Å².